The first kappa shape index (κ1) is 20.8. The molecule has 2 heterocycles. The minimum absolute atomic E-state index is 0.295. The molecule has 10 heteroatoms. The lowest BCUT2D eigenvalue weighted by atomic mass is 10.1. The fourth-order valence-electron chi connectivity index (χ4n) is 2.71. The number of nitrogens with one attached hydrogen (secondary N) is 1. The van der Waals surface area contributed by atoms with Crippen LogP contribution in [0.15, 0.2) is 30.5 Å². The predicted molar refractivity (Wildman–Crippen MR) is 110 cm³/mol. The van der Waals surface area contributed by atoms with Gasteiger partial charge >= 0.3 is 0 Å². The van der Waals surface area contributed by atoms with Crippen molar-refractivity contribution in [3.05, 3.63) is 51.8 Å². The molecule has 1 aromatic carbocycles. The molecule has 0 spiro atoms. The Labute approximate surface area is 177 Å². The van der Waals surface area contributed by atoms with Crippen LogP contribution in [-0.4, -0.2) is 42.0 Å². The molecular weight excluding hydrogens is 419 g/mol. The summed E-state index contributed by atoms with van der Waals surface area (Å²) in [7, 11) is 4.45. The standard InChI is InChI=1S/C19H18Cl2N4O4/c1-10-5-16(25(24-10)18-13(21)8-12(20)9-22-18)23-19(26)11-6-14(27-2)17(29-4)15(7-11)28-3/h5-9H,1-4H3,(H,23,26). The number of anilines is 1. The Morgan fingerprint density at radius 2 is 1.69 bits per heavy atom. The Morgan fingerprint density at radius 3 is 2.24 bits per heavy atom. The lowest BCUT2D eigenvalue weighted by molar-refractivity contribution is 0.102. The summed E-state index contributed by atoms with van der Waals surface area (Å²) in [5.74, 6) is 1.44. The maximum atomic E-state index is 12.9. The number of rotatable bonds is 6. The van der Waals surface area contributed by atoms with E-state index >= 15 is 0 Å². The maximum Gasteiger partial charge on any atom is 0.257 e. The van der Waals surface area contributed by atoms with Gasteiger partial charge in [0.2, 0.25) is 5.75 Å². The summed E-state index contributed by atoms with van der Waals surface area (Å²) in [6.45, 7) is 1.79. The number of nitrogens with zero attached hydrogens (tertiary/aromatic N) is 3. The van der Waals surface area contributed by atoms with Crippen LogP contribution in [0, 0.1) is 6.92 Å². The molecule has 3 aromatic rings. The fourth-order valence-corrected chi connectivity index (χ4v) is 3.17. The number of ether oxygens (including phenoxy) is 3. The summed E-state index contributed by atoms with van der Waals surface area (Å²) in [5, 5.41) is 7.85. The number of carbonyl (C=O) groups excluding carboxylic acids is 1. The van der Waals surface area contributed by atoms with Crippen molar-refractivity contribution in [3.63, 3.8) is 0 Å². The third-order valence-electron chi connectivity index (χ3n) is 3.99. The van der Waals surface area contributed by atoms with Crippen LogP contribution in [0.3, 0.4) is 0 Å². The number of pyridine rings is 1. The zero-order valence-corrected chi connectivity index (χ0v) is 17.6. The number of aryl methyl sites for hydroxylation is 1. The van der Waals surface area contributed by atoms with Crippen LogP contribution in [-0.2, 0) is 0 Å². The molecule has 0 bridgehead atoms. The van der Waals surface area contributed by atoms with Crippen molar-refractivity contribution in [2.24, 2.45) is 0 Å². The van der Waals surface area contributed by atoms with E-state index in [2.05, 4.69) is 15.4 Å². The van der Waals surface area contributed by atoms with E-state index in [1.54, 1.807) is 31.2 Å². The molecule has 0 radical (unpaired) electrons. The molecule has 0 fully saturated rings. The largest absolute Gasteiger partial charge is 0.493 e. The van der Waals surface area contributed by atoms with E-state index in [0.29, 0.717) is 50.2 Å². The van der Waals surface area contributed by atoms with Crippen molar-refractivity contribution in [1.29, 1.82) is 0 Å². The second-order valence-corrected chi connectivity index (χ2v) is 6.75. The van der Waals surface area contributed by atoms with Crippen molar-refractivity contribution in [2.75, 3.05) is 26.6 Å². The normalized spacial score (nSPS) is 10.6. The van der Waals surface area contributed by atoms with Crippen LogP contribution in [0.1, 0.15) is 16.1 Å². The van der Waals surface area contributed by atoms with Gasteiger partial charge in [-0.2, -0.15) is 9.78 Å². The molecule has 0 aliphatic rings. The van der Waals surface area contributed by atoms with Gasteiger partial charge in [0.25, 0.3) is 5.91 Å². The van der Waals surface area contributed by atoms with Crippen molar-refractivity contribution in [1.82, 2.24) is 14.8 Å². The highest BCUT2D eigenvalue weighted by Crippen LogP contribution is 2.38. The molecule has 152 valence electrons. The third-order valence-corrected chi connectivity index (χ3v) is 4.47. The van der Waals surface area contributed by atoms with Crippen molar-refractivity contribution in [2.45, 2.75) is 6.92 Å². The van der Waals surface area contributed by atoms with Gasteiger partial charge in [0.05, 0.1) is 37.1 Å². The molecule has 29 heavy (non-hydrogen) atoms. The molecule has 3 rings (SSSR count). The zero-order chi connectivity index (χ0) is 21.1. The lowest BCUT2D eigenvalue weighted by Gasteiger charge is -2.14. The number of benzene rings is 1. The van der Waals surface area contributed by atoms with Gasteiger partial charge in [-0.1, -0.05) is 23.2 Å². The van der Waals surface area contributed by atoms with Gasteiger partial charge in [-0.15, -0.1) is 0 Å². The van der Waals surface area contributed by atoms with E-state index in [9.17, 15) is 4.79 Å². The molecule has 0 aliphatic heterocycles. The summed E-state index contributed by atoms with van der Waals surface area (Å²) in [6.07, 6.45) is 1.45. The van der Waals surface area contributed by atoms with Gasteiger partial charge in [-0.05, 0) is 25.1 Å². The number of hydrogen-bond donors (Lipinski definition) is 1. The van der Waals surface area contributed by atoms with Gasteiger partial charge in [-0.25, -0.2) is 4.98 Å². The second kappa shape index (κ2) is 8.59. The van der Waals surface area contributed by atoms with Crippen molar-refractivity contribution < 1.29 is 19.0 Å². The maximum absolute atomic E-state index is 12.9. The number of amides is 1. The summed E-state index contributed by atoms with van der Waals surface area (Å²) < 4.78 is 17.3. The molecule has 0 aliphatic carbocycles. The first-order valence-electron chi connectivity index (χ1n) is 8.37. The summed E-state index contributed by atoms with van der Waals surface area (Å²) in [4.78, 5) is 17.1. The first-order chi connectivity index (χ1) is 13.9. The van der Waals surface area contributed by atoms with Crippen LogP contribution in [0.25, 0.3) is 5.82 Å². The molecule has 1 amide bonds. The highest BCUT2D eigenvalue weighted by molar-refractivity contribution is 6.35. The number of carbonyl (C=O) groups is 1. The zero-order valence-electron chi connectivity index (χ0n) is 16.1. The smallest absolute Gasteiger partial charge is 0.257 e. The van der Waals surface area contributed by atoms with Crippen LogP contribution >= 0.6 is 23.2 Å². The average Bonchev–Trinajstić information content (AvgIpc) is 3.06. The Hall–Kier alpha value is -2.97. The number of halogens is 2. The Kier molecular flexibility index (Phi) is 6.14. The Balaban J connectivity index is 1.98. The van der Waals surface area contributed by atoms with Crippen molar-refractivity contribution in [3.8, 4) is 23.1 Å². The van der Waals surface area contributed by atoms with Crippen molar-refractivity contribution >= 4 is 34.9 Å². The molecule has 0 unspecified atom stereocenters. The summed E-state index contributed by atoms with van der Waals surface area (Å²) >= 11 is 12.2. The van der Waals surface area contributed by atoms with Gasteiger partial charge < -0.3 is 19.5 Å². The van der Waals surface area contributed by atoms with E-state index in [4.69, 9.17) is 37.4 Å². The topological polar surface area (TPSA) is 87.5 Å². The molecule has 0 saturated heterocycles. The first-order valence-corrected chi connectivity index (χ1v) is 9.13. The monoisotopic (exact) mass is 436 g/mol. The Bertz CT molecular complexity index is 1040. The molecule has 2 aromatic heterocycles. The number of aromatic nitrogens is 3. The minimum atomic E-state index is -0.407. The second-order valence-electron chi connectivity index (χ2n) is 5.91. The van der Waals surface area contributed by atoms with Gasteiger partial charge in [-0.3, -0.25) is 4.79 Å². The molecule has 8 nitrogen and oxygen atoms in total. The van der Waals surface area contributed by atoms with E-state index in [0.717, 1.165) is 0 Å². The average molecular weight is 437 g/mol. The lowest BCUT2D eigenvalue weighted by Crippen LogP contribution is -2.16. The fraction of sp³-hybridized carbons (Fsp3) is 0.211. The van der Waals surface area contributed by atoms with Gasteiger partial charge in [0, 0.05) is 17.8 Å². The minimum Gasteiger partial charge on any atom is -0.493 e. The Morgan fingerprint density at radius 1 is 1.03 bits per heavy atom. The van der Waals surface area contributed by atoms with E-state index in [-0.39, 0.29) is 0 Å². The highest BCUT2D eigenvalue weighted by Gasteiger charge is 2.19. The molecule has 1 N–H and O–H groups in total. The number of hydrogen-bond acceptors (Lipinski definition) is 6. The van der Waals surface area contributed by atoms with E-state index in [1.165, 1.54) is 32.2 Å². The SMILES string of the molecule is COc1cc(C(=O)Nc2cc(C)nn2-c2ncc(Cl)cc2Cl)cc(OC)c1OC. The third kappa shape index (κ3) is 4.23. The van der Waals surface area contributed by atoms with E-state index < -0.39 is 5.91 Å². The summed E-state index contributed by atoms with van der Waals surface area (Å²) in [5.41, 5.74) is 0.970. The predicted octanol–water partition coefficient (Wildman–Crippen LogP) is 4.16. The molecule has 0 saturated carbocycles. The van der Waals surface area contributed by atoms with Crippen LogP contribution < -0.4 is 19.5 Å². The highest BCUT2D eigenvalue weighted by atomic mass is 35.5. The molecule has 0 atom stereocenters. The number of methoxy groups -OCH3 is 3. The summed E-state index contributed by atoms with van der Waals surface area (Å²) in [6, 6.07) is 6.35. The van der Waals surface area contributed by atoms with Crippen LogP contribution in [0.4, 0.5) is 5.82 Å². The van der Waals surface area contributed by atoms with Crippen LogP contribution in [0.2, 0.25) is 10.0 Å². The van der Waals surface area contributed by atoms with Crippen LogP contribution in [0.5, 0.6) is 17.2 Å². The van der Waals surface area contributed by atoms with Gasteiger partial charge in [0.1, 0.15) is 5.82 Å². The quantitative estimate of drug-likeness (QED) is 0.623. The van der Waals surface area contributed by atoms with Gasteiger partial charge in [0.15, 0.2) is 17.3 Å². The molecular formula is C19H18Cl2N4O4. The van der Waals surface area contributed by atoms with E-state index in [1.807, 2.05) is 0 Å².